The van der Waals surface area contributed by atoms with Gasteiger partial charge < -0.3 is 10.2 Å². The molecule has 172 valence electrons. The van der Waals surface area contributed by atoms with Gasteiger partial charge in [0.25, 0.3) is 0 Å². The third-order valence-electron chi connectivity index (χ3n) is 6.74. The quantitative estimate of drug-likeness (QED) is 0.491. The van der Waals surface area contributed by atoms with Crippen LogP contribution in [0.1, 0.15) is 53.0 Å². The zero-order chi connectivity index (χ0) is 23.0. The maximum Gasteiger partial charge on any atom is 0.224 e. The third-order valence-corrected chi connectivity index (χ3v) is 6.74. The van der Waals surface area contributed by atoms with E-state index in [0.717, 1.165) is 44.5 Å². The minimum atomic E-state index is 0.145. The molecule has 1 amide bonds. The minimum Gasteiger partial charge on any atom is -0.353 e. The van der Waals surface area contributed by atoms with Crippen molar-refractivity contribution in [1.82, 2.24) is 10.2 Å². The molecule has 0 radical (unpaired) electrons. The summed E-state index contributed by atoms with van der Waals surface area (Å²) in [6.45, 7) is 7.35. The van der Waals surface area contributed by atoms with Crippen LogP contribution in [0.15, 0.2) is 78.9 Å². The molecule has 0 atom stereocenters. The Morgan fingerprint density at radius 2 is 1.42 bits per heavy atom. The second-order valence-electron chi connectivity index (χ2n) is 9.52. The molecular formula is C30H36N2O. The van der Waals surface area contributed by atoms with Gasteiger partial charge in [0.05, 0.1) is 6.42 Å². The molecule has 3 aromatic carbocycles. The Balaban J connectivity index is 1.26. The molecular weight excluding hydrogens is 404 g/mol. The van der Waals surface area contributed by atoms with Gasteiger partial charge in [0.1, 0.15) is 0 Å². The Bertz CT molecular complexity index is 964. The maximum atomic E-state index is 12.6. The Kier molecular flexibility index (Phi) is 7.96. The molecule has 1 aliphatic rings. The normalized spacial score (nSPS) is 15.0. The van der Waals surface area contributed by atoms with Crippen molar-refractivity contribution in [3.8, 4) is 0 Å². The molecule has 4 rings (SSSR count). The van der Waals surface area contributed by atoms with Crippen LogP contribution in [-0.4, -0.2) is 36.5 Å². The Morgan fingerprint density at radius 3 is 1.97 bits per heavy atom. The number of hydrogen-bond donors (Lipinski definition) is 1. The van der Waals surface area contributed by atoms with Gasteiger partial charge in [-0.1, -0.05) is 90.0 Å². The summed E-state index contributed by atoms with van der Waals surface area (Å²) in [5.74, 6) is 0.564. The van der Waals surface area contributed by atoms with Gasteiger partial charge in [-0.05, 0) is 56.3 Å². The lowest BCUT2D eigenvalue weighted by Gasteiger charge is -2.33. The number of piperidine rings is 1. The van der Waals surface area contributed by atoms with E-state index in [9.17, 15) is 4.79 Å². The van der Waals surface area contributed by atoms with Gasteiger partial charge in [0.15, 0.2) is 0 Å². The number of hydrogen-bond acceptors (Lipinski definition) is 2. The highest BCUT2D eigenvalue weighted by molar-refractivity contribution is 5.79. The molecule has 0 bridgehead atoms. The molecule has 1 fully saturated rings. The van der Waals surface area contributed by atoms with Crippen LogP contribution in [0.2, 0.25) is 0 Å². The molecule has 1 saturated heterocycles. The van der Waals surface area contributed by atoms with E-state index in [1.807, 2.05) is 0 Å². The molecule has 0 unspecified atom stereocenters. The Hall–Kier alpha value is -2.91. The summed E-state index contributed by atoms with van der Waals surface area (Å²) < 4.78 is 0. The summed E-state index contributed by atoms with van der Waals surface area (Å²) in [4.78, 5) is 15.1. The van der Waals surface area contributed by atoms with Crippen molar-refractivity contribution in [3.05, 3.63) is 107 Å². The molecule has 3 heteroatoms. The molecule has 3 nitrogen and oxygen atoms in total. The Morgan fingerprint density at radius 1 is 0.879 bits per heavy atom. The minimum absolute atomic E-state index is 0.145. The fourth-order valence-electron chi connectivity index (χ4n) is 5.14. The van der Waals surface area contributed by atoms with Gasteiger partial charge in [-0.3, -0.25) is 4.79 Å². The number of aryl methyl sites for hydroxylation is 2. The number of rotatable bonds is 8. The predicted octanol–water partition coefficient (Wildman–Crippen LogP) is 5.65. The summed E-state index contributed by atoms with van der Waals surface area (Å²) >= 11 is 0. The first kappa shape index (κ1) is 23.3. The predicted molar refractivity (Wildman–Crippen MR) is 137 cm³/mol. The lowest BCUT2D eigenvalue weighted by Crippen LogP contribution is -2.45. The van der Waals surface area contributed by atoms with Crippen LogP contribution in [0, 0.1) is 13.8 Å². The van der Waals surface area contributed by atoms with E-state index < -0.39 is 0 Å². The second-order valence-corrected chi connectivity index (χ2v) is 9.52. The molecule has 0 aliphatic carbocycles. The van der Waals surface area contributed by atoms with Crippen molar-refractivity contribution in [2.24, 2.45) is 0 Å². The number of benzene rings is 3. The molecule has 1 heterocycles. The standard InChI is InChI=1S/C30H36N2O/c1-23-19-24(2)21-25(20-23)22-30(33)31-28-13-16-32(17-14-28)18-15-29(26-9-5-3-6-10-26)27-11-7-4-8-12-27/h3-12,19-21,28-29H,13-18,22H2,1-2H3,(H,31,33). The topological polar surface area (TPSA) is 32.3 Å². The van der Waals surface area contributed by atoms with E-state index in [0.29, 0.717) is 18.4 Å². The number of nitrogens with zero attached hydrogens (tertiary/aromatic N) is 1. The maximum absolute atomic E-state index is 12.6. The average molecular weight is 441 g/mol. The number of carbonyl (C=O) groups is 1. The van der Waals surface area contributed by atoms with Crippen molar-refractivity contribution in [2.75, 3.05) is 19.6 Å². The summed E-state index contributed by atoms with van der Waals surface area (Å²) in [7, 11) is 0. The number of likely N-dealkylation sites (tertiary alicyclic amines) is 1. The zero-order valence-corrected chi connectivity index (χ0v) is 20.0. The summed E-state index contributed by atoms with van der Waals surface area (Å²) in [5.41, 5.74) is 6.32. The highest BCUT2D eigenvalue weighted by Crippen LogP contribution is 2.28. The first-order valence-corrected chi connectivity index (χ1v) is 12.3. The van der Waals surface area contributed by atoms with Gasteiger partial charge in [-0.2, -0.15) is 0 Å². The lowest BCUT2D eigenvalue weighted by molar-refractivity contribution is -0.121. The van der Waals surface area contributed by atoms with E-state index in [1.165, 1.54) is 22.3 Å². The molecule has 0 saturated carbocycles. The van der Waals surface area contributed by atoms with Gasteiger partial charge in [-0.25, -0.2) is 0 Å². The van der Waals surface area contributed by atoms with Crippen molar-refractivity contribution in [3.63, 3.8) is 0 Å². The average Bonchev–Trinajstić information content (AvgIpc) is 2.81. The molecule has 0 aromatic heterocycles. The van der Waals surface area contributed by atoms with Crippen molar-refractivity contribution < 1.29 is 4.79 Å². The summed E-state index contributed by atoms with van der Waals surface area (Å²) in [5, 5.41) is 3.28. The molecule has 1 N–H and O–H groups in total. The van der Waals surface area contributed by atoms with E-state index >= 15 is 0 Å². The van der Waals surface area contributed by atoms with Crippen molar-refractivity contribution >= 4 is 5.91 Å². The summed E-state index contributed by atoms with van der Waals surface area (Å²) in [6.07, 6.45) is 3.64. The van der Waals surface area contributed by atoms with E-state index in [1.54, 1.807) is 0 Å². The van der Waals surface area contributed by atoms with E-state index in [2.05, 4.69) is 103 Å². The van der Waals surface area contributed by atoms with Crippen LogP contribution >= 0.6 is 0 Å². The molecule has 1 aliphatic heterocycles. The number of amides is 1. The number of carbonyl (C=O) groups excluding carboxylic acids is 1. The smallest absolute Gasteiger partial charge is 0.224 e. The Labute approximate surface area is 198 Å². The van der Waals surface area contributed by atoms with Gasteiger partial charge in [-0.15, -0.1) is 0 Å². The van der Waals surface area contributed by atoms with Crippen LogP contribution in [0.5, 0.6) is 0 Å². The first-order chi connectivity index (χ1) is 16.1. The van der Waals surface area contributed by atoms with Crippen LogP contribution < -0.4 is 5.32 Å². The van der Waals surface area contributed by atoms with Crippen molar-refractivity contribution in [2.45, 2.75) is 51.5 Å². The SMILES string of the molecule is Cc1cc(C)cc(CC(=O)NC2CCN(CCC(c3ccccc3)c3ccccc3)CC2)c1. The largest absolute Gasteiger partial charge is 0.353 e. The van der Waals surface area contributed by atoms with Gasteiger partial charge in [0.2, 0.25) is 5.91 Å². The summed E-state index contributed by atoms with van der Waals surface area (Å²) in [6, 6.07) is 28.4. The third kappa shape index (κ3) is 6.79. The molecule has 3 aromatic rings. The van der Waals surface area contributed by atoms with Crippen LogP contribution in [0.3, 0.4) is 0 Å². The first-order valence-electron chi connectivity index (χ1n) is 12.3. The monoisotopic (exact) mass is 440 g/mol. The lowest BCUT2D eigenvalue weighted by atomic mass is 9.88. The second kappa shape index (κ2) is 11.3. The molecule has 0 spiro atoms. The zero-order valence-electron chi connectivity index (χ0n) is 20.0. The number of nitrogens with one attached hydrogen (secondary N) is 1. The van der Waals surface area contributed by atoms with E-state index in [4.69, 9.17) is 0 Å². The highest BCUT2D eigenvalue weighted by atomic mass is 16.1. The van der Waals surface area contributed by atoms with Crippen LogP contribution in [-0.2, 0) is 11.2 Å². The van der Waals surface area contributed by atoms with Gasteiger partial charge >= 0.3 is 0 Å². The van der Waals surface area contributed by atoms with Crippen molar-refractivity contribution in [1.29, 1.82) is 0 Å². The van der Waals surface area contributed by atoms with E-state index in [-0.39, 0.29) is 5.91 Å². The fraction of sp³-hybridized carbons (Fsp3) is 0.367. The van der Waals surface area contributed by atoms with Crippen LogP contribution in [0.25, 0.3) is 0 Å². The fourth-order valence-corrected chi connectivity index (χ4v) is 5.14. The van der Waals surface area contributed by atoms with Gasteiger partial charge in [0, 0.05) is 25.0 Å². The molecule has 33 heavy (non-hydrogen) atoms. The highest BCUT2D eigenvalue weighted by Gasteiger charge is 2.22. The van der Waals surface area contributed by atoms with Crippen LogP contribution in [0.4, 0.5) is 0 Å².